The highest BCUT2D eigenvalue weighted by atomic mass is 35.5. The van der Waals surface area contributed by atoms with Crippen LogP contribution >= 0.6 is 23.2 Å². The number of nitrogens with zero attached hydrogens (tertiary/aromatic N) is 2. The first kappa shape index (κ1) is 23.9. The lowest BCUT2D eigenvalue weighted by Crippen LogP contribution is -2.42. The molecule has 0 bridgehead atoms. The molecule has 0 spiro atoms. The summed E-state index contributed by atoms with van der Waals surface area (Å²) in [6.45, 7) is 5.84. The number of nitrogens with one attached hydrogen (secondary N) is 2. The van der Waals surface area contributed by atoms with Crippen molar-refractivity contribution >= 4 is 64.1 Å². The molecule has 2 aliphatic heterocycles. The molecular formula is C25H24Cl2N4O3. The fourth-order valence-corrected chi connectivity index (χ4v) is 4.38. The lowest BCUT2D eigenvalue weighted by atomic mass is 9.88. The number of anilines is 2. The molecule has 2 aromatic rings. The van der Waals surface area contributed by atoms with Crippen LogP contribution in [0.3, 0.4) is 0 Å². The van der Waals surface area contributed by atoms with Gasteiger partial charge in [-0.3, -0.25) is 9.59 Å². The average Bonchev–Trinajstić information content (AvgIpc) is 3.02. The number of urea groups is 1. The zero-order valence-electron chi connectivity index (χ0n) is 19.2. The average molecular weight is 499 g/mol. The zero-order valence-corrected chi connectivity index (χ0v) is 20.7. The summed E-state index contributed by atoms with van der Waals surface area (Å²) in [5, 5.41) is 6.15. The maximum atomic E-state index is 12.9. The minimum Gasteiger partial charge on any atom is -0.365 e. The number of hydrogen-bond acceptors (Lipinski definition) is 4. The van der Waals surface area contributed by atoms with Gasteiger partial charge in [0.25, 0.3) is 5.91 Å². The van der Waals surface area contributed by atoms with E-state index in [0.717, 1.165) is 21.7 Å². The largest absolute Gasteiger partial charge is 0.365 e. The fourth-order valence-electron chi connectivity index (χ4n) is 4.05. The van der Waals surface area contributed by atoms with Crippen molar-refractivity contribution in [3.63, 3.8) is 0 Å². The molecule has 0 atom stereocenters. The molecule has 0 aliphatic carbocycles. The van der Waals surface area contributed by atoms with E-state index in [2.05, 4.69) is 35.5 Å². The van der Waals surface area contributed by atoms with Crippen LogP contribution in [-0.2, 0) is 9.59 Å². The van der Waals surface area contributed by atoms with Crippen molar-refractivity contribution in [2.45, 2.75) is 26.3 Å². The summed E-state index contributed by atoms with van der Waals surface area (Å²) in [6.07, 6.45) is 3.71. The molecule has 4 rings (SSSR count). The number of halogens is 2. The van der Waals surface area contributed by atoms with Crippen LogP contribution in [0.5, 0.6) is 0 Å². The number of rotatable bonds is 4. The standard InChI is InChI=1S/C25H24Cl2N4O3/c1-14-12-25(2,3)30(4)21-11-19(27)15(9-18(14)21)10-20-23(33)31(24(34)29-20)13-22(32)28-17-7-5-16(26)6-8-17/h5-12H,13H2,1-4H3,(H,28,32)(H,29,34)/b20-10+. The molecule has 0 unspecified atom stereocenters. The zero-order chi connectivity index (χ0) is 24.8. The maximum Gasteiger partial charge on any atom is 0.329 e. The number of allylic oxidation sites excluding steroid dienone is 1. The fraction of sp³-hybridized carbons (Fsp3) is 0.240. The van der Waals surface area contributed by atoms with E-state index in [4.69, 9.17) is 23.2 Å². The van der Waals surface area contributed by atoms with Crippen molar-refractivity contribution in [3.8, 4) is 0 Å². The minimum absolute atomic E-state index is 0.0530. The van der Waals surface area contributed by atoms with Gasteiger partial charge in [-0.25, -0.2) is 9.69 Å². The molecule has 2 heterocycles. The number of hydrogen-bond donors (Lipinski definition) is 2. The molecule has 2 aromatic carbocycles. The lowest BCUT2D eigenvalue weighted by molar-refractivity contribution is -0.127. The predicted octanol–water partition coefficient (Wildman–Crippen LogP) is 5.16. The van der Waals surface area contributed by atoms with Crippen LogP contribution in [0.4, 0.5) is 16.2 Å². The summed E-state index contributed by atoms with van der Waals surface area (Å²) >= 11 is 12.4. The highest BCUT2D eigenvalue weighted by Crippen LogP contribution is 2.41. The smallest absolute Gasteiger partial charge is 0.329 e. The highest BCUT2D eigenvalue weighted by Gasteiger charge is 2.35. The van der Waals surface area contributed by atoms with Crippen molar-refractivity contribution in [1.82, 2.24) is 10.2 Å². The first-order chi connectivity index (χ1) is 16.0. The van der Waals surface area contributed by atoms with Gasteiger partial charge in [0, 0.05) is 34.0 Å². The number of fused-ring (bicyclic) bond motifs is 1. The molecule has 34 heavy (non-hydrogen) atoms. The van der Waals surface area contributed by atoms with Crippen molar-refractivity contribution in [1.29, 1.82) is 0 Å². The van der Waals surface area contributed by atoms with E-state index in [1.807, 2.05) is 26.1 Å². The van der Waals surface area contributed by atoms with Crippen LogP contribution in [0.25, 0.3) is 11.6 Å². The van der Waals surface area contributed by atoms with Crippen molar-refractivity contribution in [3.05, 3.63) is 69.3 Å². The Morgan fingerprint density at radius 3 is 2.50 bits per heavy atom. The van der Waals surface area contributed by atoms with Gasteiger partial charge in [-0.15, -0.1) is 0 Å². The molecule has 9 heteroatoms. The molecule has 0 saturated carbocycles. The van der Waals surface area contributed by atoms with E-state index in [1.165, 1.54) is 6.08 Å². The number of amides is 4. The number of likely N-dealkylation sites (N-methyl/N-ethyl adjacent to an activating group) is 1. The van der Waals surface area contributed by atoms with E-state index < -0.39 is 24.4 Å². The second-order valence-corrected chi connectivity index (χ2v) is 9.71. The quantitative estimate of drug-likeness (QED) is 0.450. The van der Waals surface area contributed by atoms with Gasteiger partial charge in [0.1, 0.15) is 12.2 Å². The summed E-state index contributed by atoms with van der Waals surface area (Å²) in [4.78, 5) is 40.6. The second kappa shape index (κ2) is 8.81. The van der Waals surface area contributed by atoms with Crippen LogP contribution in [0, 0.1) is 0 Å². The molecule has 2 aliphatic rings. The first-order valence-corrected chi connectivity index (χ1v) is 11.4. The molecule has 176 valence electrons. The van der Waals surface area contributed by atoms with Gasteiger partial charge in [0.2, 0.25) is 5.91 Å². The van der Waals surface area contributed by atoms with Crippen LogP contribution in [0.2, 0.25) is 10.0 Å². The van der Waals surface area contributed by atoms with Gasteiger partial charge in [0.05, 0.1) is 5.54 Å². The highest BCUT2D eigenvalue weighted by molar-refractivity contribution is 6.33. The normalized spacial score (nSPS) is 18.1. The number of carbonyl (C=O) groups excluding carboxylic acids is 3. The Morgan fingerprint density at radius 2 is 1.82 bits per heavy atom. The van der Waals surface area contributed by atoms with Gasteiger partial charge in [-0.1, -0.05) is 29.3 Å². The summed E-state index contributed by atoms with van der Waals surface area (Å²) in [5.41, 5.74) is 4.07. The van der Waals surface area contributed by atoms with Gasteiger partial charge < -0.3 is 15.5 Å². The molecule has 0 radical (unpaired) electrons. The lowest BCUT2D eigenvalue weighted by Gasteiger charge is -2.40. The van der Waals surface area contributed by atoms with E-state index in [-0.39, 0.29) is 11.2 Å². The van der Waals surface area contributed by atoms with Crippen LogP contribution in [0.15, 0.2) is 48.2 Å². The Bertz CT molecular complexity index is 1270. The van der Waals surface area contributed by atoms with Crippen molar-refractivity contribution in [2.75, 3.05) is 23.8 Å². The van der Waals surface area contributed by atoms with Crippen molar-refractivity contribution < 1.29 is 14.4 Å². The Balaban J connectivity index is 1.55. The van der Waals surface area contributed by atoms with Gasteiger partial charge in [-0.05, 0) is 74.4 Å². The molecule has 1 saturated heterocycles. The number of benzene rings is 2. The van der Waals surface area contributed by atoms with Crippen LogP contribution in [0.1, 0.15) is 31.9 Å². The van der Waals surface area contributed by atoms with E-state index in [1.54, 1.807) is 24.3 Å². The summed E-state index contributed by atoms with van der Waals surface area (Å²) in [7, 11) is 2.00. The summed E-state index contributed by atoms with van der Waals surface area (Å²) in [5.74, 6) is -1.11. The Morgan fingerprint density at radius 1 is 1.15 bits per heavy atom. The summed E-state index contributed by atoms with van der Waals surface area (Å²) < 4.78 is 0. The van der Waals surface area contributed by atoms with E-state index in [0.29, 0.717) is 21.3 Å². The van der Waals surface area contributed by atoms with Gasteiger partial charge >= 0.3 is 6.03 Å². The topological polar surface area (TPSA) is 81.8 Å². The van der Waals surface area contributed by atoms with E-state index >= 15 is 0 Å². The van der Waals surface area contributed by atoms with Gasteiger partial charge in [0.15, 0.2) is 0 Å². The third-order valence-corrected chi connectivity index (χ3v) is 6.61. The SMILES string of the molecule is CC1=CC(C)(C)N(C)c2cc(Cl)c(/C=C3/NC(=O)N(CC(=O)Nc4ccc(Cl)cc4)C3=O)cc21. The third-order valence-electron chi connectivity index (χ3n) is 6.03. The molecule has 1 fully saturated rings. The molecular weight excluding hydrogens is 475 g/mol. The molecule has 0 aromatic heterocycles. The molecule has 4 amide bonds. The Kier molecular flexibility index (Phi) is 6.18. The molecule has 7 nitrogen and oxygen atoms in total. The van der Waals surface area contributed by atoms with Crippen LogP contribution < -0.4 is 15.5 Å². The number of imide groups is 1. The van der Waals surface area contributed by atoms with Gasteiger partial charge in [-0.2, -0.15) is 0 Å². The predicted molar refractivity (Wildman–Crippen MR) is 136 cm³/mol. The van der Waals surface area contributed by atoms with Crippen molar-refractivity contribution in [2.24, 2.45) is 0 Å². The maximum absolute atomic E-state index is 12.9. The Labute approximate surface area is 208 Å². The van der Waals surface area contributed by atoms with E-state index in [9.17, 15) is 14.4 Å². The molecule has 2 N–H and O–H groups in total. The minimum atomic E-state index is -0.672. The van der Waals surface area contributed by atoms with Crippen LogP contribution in [-0.4, -0.2) is 41.9 Å². The monoisotopic (exact) mass is 498 g/mol. The summed E-state index contributed by atoms with van der Waals surface area (Å²) in [6, 6.07) is 9.61. The second-order valence-electron chi connectivity index (χ2n) is 8.87. The third kappa shape index (κ3) is 4.54. The number of carbonyl (C=O) groups is 3. The Hall–Kier alpha value is -3.29. The first-order valence-electron chi connectivity index (χ1n) is 10.6.